The van der Waals surface area contributed by atoms with Crippen LogP contribution in [-0.2, 0) is 0 Å². The Balaban J connectivity index is 1.56. The molecule has 0 spiro atoms. The summed E-state index contributed by atoms with van der Waals surface area (Å²) in [7, 11) is 0. The minimum Gasteiger partial charge on any atom is -0.368 e. The summed E-state index contributed by atoms with van der Waals surface area (Å²) in [4.78, 5) is 13.6. The van der Waals surface area contributed by atoms with Gasteiger partial charge in [-0.25, -0.2) is 4.98 Å². The van der Waals surface area contributed by atoms with Crippen LogP contribution in [0.1, 0.15) is 0 Å². The first kappa shape index (κ1) is 18.7. The summed E-state index contributed by atoms with van der Waals surface area (Å²) in [5.41, 5.74) is 12.4. The smallest absolute Gasteiger partial charge is 0.224 e. The van der Waals surface area contributed by atoms with Crippen LogP contribution in [0.15, 0.2) is 109 Å². The summed E-state index contributed by atoms with van der Waals surface area (Å²) >= 11 is 0. The average Bonchev–Trinajstić information content (AvgIpc) is 2.85. The molecule has 0 aliphatic rings. The molecule has 1 aromatic heterocycles. The zero-order valence-electron chi connectivity index (χ0n) is 16.8. The van der Waals surface area contributed by atoms with Crippen molar-refractivity contribution in [2.24, 2.45) is 0 Å². The second kappa shape index (κ2) is 8.20. The van der Waals surface area contributed by atoms with Crippen molar-refractivity contribution in [3.05, 3.63) is 109 Å². The number of hydrogen-bond acceptors (Lipinski definition) is 4. The maximum atomic E-state index is 6.08. The Morgan fingerprint density at radius 3 is 1.55 bits per heavy atom. The summed E-state index contributed by atoms with van der Waals surface area (Å²) < 4.78 is 0. The van der Waals surface area contributed by atoms with Crippen LogP contribution in [0.3, 0.4) is 0 Å². The number of nitrogens with zero attached hydrogens (tertiary/aromatic N) is 3. The first-order valence-corrected chi connectivity index (χ1v) is 10.1. The number of anilines is 1. The highest BCUT2D eigenvalue weighted by molar-refractivity contribution is 5.81. The van der Waals surface area contributed by atoms with E-state index in [0.717, 1.165) is 27.8 Å². The van der Waals surface area contributed by atoms with Gasteiger partial charge in [0.05, 0.1) is 0 Å². The van der Waals surface area contributed by atoms with E-state index >= 15 is 0 Å². The molecule has 5 rings (SSSR count). The lowest BCUT2D eigenvalue weighted by atomic mass is 9.99. The van der Waals surface area contributed by atoms with Gasteiger partial charge in [0.2, 0.25) is 5.95 Å². The normalized spacial score (nSPS) is 10.7. The van der Waals surface area contributed by atoms with Crippen LogP contribution in [-0.4, -0.2) is 15.0 Å². The average molecular weight is 400 g/mol. The van der Waals surface area contributed by atoms with Crippen LogP contribution >= 0.6 is 0 Å². The third-order valence-electron chi connectivity index (χ3n) is 5.16. The molecule has 0 fully saturated rings. The zero-order valence-corrected chi connectivity index (χ0v) is 16.8. The maximum absolute atomic E-state index is 6.08. The molecule has 5 aromatic rings. The Morgan fingerprint density at radius 2 is 0.871 bits per heavy atom. The lowest BCUT2D eigenvalue weighted by Crippen LogP contribution is -2.03. The number of hydrogen-bond donors (Lipinski definition) is 1. The van der Waals surface area contributed by atoms with Gasteiger partial charge in [-0.05, 0) is 22.3 Å². The number of benzene rings is 4. The van der Waals surface area contributed by atoms with Gasteiger partial charge >= 0.3 is 0 Å². The topological polar surface area (TPSA) is 64.7 Å². The molecule has 148 valence electrons. The number of nitrogens with two attached hydrogens (primary N) is 1. The highest BCUT2D eigenvalue weighted by Crippen LogP contribution is 2.31. The molecule has 2 N–H and O–H groups in total. The Labute approximate surface area is 181 Å². The van der Waals surface area contributed by atoms with Crippen LogP contribution in [0.2, 0.25) is 0 Å². The molecule has 1 heterocycles. The highest BCUT2D eigenvalue weighted by atomic mass is 15.1. The number of aromatic nitrogens is 3. The number of rotatable bonds is 4. The Morgan fingerprint density at radius 1 is 0.387 bits per heavy atom. The molecule has 0 amide bonds. The van der Waals surface area contributed by atoms with Crippen molar-refractivity contribution in [2.45, 2.75) is 0 Å². The fraction of sp³-hybridized carbons (Fsp3) is 0. The minimum atomic E-state index is 0.204. The third kappa shape index (κ3) is 3.91. The van der Waals surface area contributed by atoms with Gasteiger partial charge in [-0.2, -0.15) is 9.97 Å². The monoisotopic (exact) mass is 400 g/mol. The lowest BCUT2D eigenvalue weighted by Gasteiger charge is -2.10. The van der Waals surface area contributed by atoms with Crippen molar-refractivity contribution in [1.29, 1.82) is 0 Å². The summed E-state index contributed by atoms with van der Waals surface area (Å²) in [6.45, 7) is 0. The van der Waals surface area contributed by atoms with E-state index in [9.17, 15) is 0 Å². The van der Waals surface area contributed by atoms with Crippen LogP contribution in [0.25, 0.3) is 45.0 Å². The maximum Gasteiger partial charge on any atom is 0.224 e. The Bertz CT molecular complexity index is 1310. The fourth-order valence-electron chi connectivity index (χ4n) is 3.63. The van der Waals surface area contributed by atoms with Crippen molar-refractivity contribution < 1.29 is 0 Å². The van der Waals surface area contributed by atoms with E-state index in [1.165, 1.54) is 5.56 Å². The van der Waals surface area contributed by atoms with E-state index in [1.54, 1.807) is 0 Å². The van der Waals surface area contributed by atoms with Gasteiger partial charge in [0.25, 0.3) is 0 Å². The fourth-order valence-corrected chi connectivity index (χ4v) is 3.63. The molecule has 0 radical (unpaired) electrons. The first-order chi connectivity index (χ1) is 15.3. The van der Waals surface area contributed by atoms with Crippen molar-refractivity contribution in [3.8, 4) is 45.0 Å². The molecule has 0 saturated carbocycles. The molecule has 4 heteroatoms. The summed E-state index contributed by atoms with van der Waals surface area (Å²) in [6.07, 6.45) is 0. The standard InChI is InChI=1S/C27H20N4/c28-27-30-25(22-17-15-20(16-18-22)19-9-3-1-4-10-19)29-26(31-27)24-14-8-7-13-23(24)21-11-5-2-6-12-21/h1-18H,(H2,28,29,30,31). The van der Waals surface area contributed by atoms with E-state index in [-0.39, 0.29) is 5.95 Å². The molecular formula is C27H20N4. The quantitative estimate of drug-likeness (QED) is 0.395. The van der Waals surface area contributed by atoms with Gasteiger partial charge in [-0.3, -0.25) is 0 Å². The van der Waals surface area contributed by atoms with E-state index in [2.05, 4.69) is 52.4 Å². The highest BCUT2D eigenvalue weighted by Gasteiger charge is 2.13. The van der Waals surface area contributed by atoms with Crippen molar-refractivity contribution in [3.63, 3.8) is 0 Å². The molecule has 0 aliphatic heterocycles. The van der Waals surface area contributed by atoms with Gasteiger partial charge in [-0.15, -0.1) is 0 Å². The van der Waals surface area contributed by atoms with Crippen molar-refractivity contribution in [2.75, 3.05) is 5.73 Å². The largest absolute Gasteiger partial charge is 0.368 e. The second-order valence-corrected chi connectivity index (χ2v) is 7.20. The molecule has 31 heavy (non-hydrogen) atoms. The molecular weight excluding hydrogens is 380 g/mol. The summed E-state index contributed by atoms with van der Waals surface area (Å²) in [5, 5.41) is 0. The van der Waals surface area contributed by atoms with E-state index in [0.29, 0.717) is 11.6 Å². The zero-order chi connectivity index (χ0) is 21.0. The van der Waals surface area contributed by atoms with E-state index in [1.807, 2.05) is 66.7 Å². The Kier molecular flexibility index (Phi) is 4.95. The molecule has 0 aliphatic carbocycles. The van der Waals surface area contributed by atoms with Gasteiger partial charge in [0.1, 0.15) is 0 Å². The minimum absolute atomic E-state index is 0.204. The van der Waals surface area contributed by atoms with E-state index in [4.69, 9.17) is 10.7 Å². The molecule has 4 nitrogen and oxygen atoms in total. The van der Waals surface area contributed by atoms with Crippen LogP contribution in [0.5, 0.6) is 0 Å². The SMILES string of the molecule is Nc1nc(-c2ccc(-c3ccccc3)cc2)nc(-c2ccccc2-c2ccccc2)n1. The predicted octanol–water partition coefficient (Wildman–Crippen LogP) is 6.12. The molecule has 4 aromatic carbocycles. The second-order valence-electron chi connectivity index (χ2n) is 7.20. The lowest BCUT2D eigenvalue weighted by molar-refractivity contribution is 1.08. The summed E-state index contributed by atoms with van der Waals surface area (Å²) in [6, 6.07) is 36.7. The van der Waals surface area contributed by atoms with Gasteiger partial charge in [0, 0.05) is 11.1 Å². The van der Waals surface area contributed by atoms with Crippen LogP contribution in [0, 0.1) is 0 Å². The van der Waals surface area contributed by atoms with Gasteiger partial charge in [-0.1, -0.05) is 109 Å². The first-order valence-electron chi connectivity index (χ1n) is 10.1. The molecule has 0 bridgehead atoms. The van der Waals surface area contributed by atoms with Crippen LogP contribution < -0.4 is 5.73 Å². The van der Waals surface area contributed by atoms with Crippen molar-refractivity contribution >= 4 is 5.95 Å². The van der Waals surface area contributed by atoms with Crippen molar-refractivity contribution in [1.82, 2.24) is 15.0 Å². The van der Waals surface area contributed by atoms with E-state index < -0.39 is 0 Å². The molecule has 0 atom stereocenters. The molecule has 0 unspecified atom stereocenters. The molecule has 0 saturated heterocycles. The predicted molar refractivity (Wildman–Crippen MR) is 126 cm³/mol. The number of nitrogen functional groups attached to an aromatic ring is 1. The Hall–Kier alpha value is -4.31. The summed E-state index contributed by atoms with van der Waals surface area (Å²) in [5.74, 6) is 1.33. The van der Waals surface area contributed by atoms with Gasteiger partial charge < -0.3 is 5.73 Å². The third-order valence-corrected chi connectivity index (χ3v) is 5.16. The van der Waals surface area contributed by atoms with Gasteiger partial charge in [0.15, 0.2) is 11.6 Å². The van der Waals surface area contributed by atoms with Crippen LogP contribution in [0.4, 0.5) is 5.95 Å².